The van der Waals surface area contributed by atoms with Crippen molar-refractivity contribution in [2.24, 2.45) is 0 Å². The molecule has 184 valence electrons. The van der Waals surface area contributed by atoms with Gasteiger partial charge in [-0.3, -0.25) is 4.79 Å². The predicted molar refractivity (Wildman–Crippen MR) is 132 cm³/mol. The highest BCUT2D eigenvalue weighted by Gasteiger charge is 2.29. The molecule has 1 heterocycles. The lowest BCUT2D eigenvalue weighted by Gasteiger charge is -2.34. The zero-order valence-electron chi connectivity index (χ0n) is 34.6. The van der Waals surface area contributed by atoms with Gasteiger partial charge in [-0.1, -0.05) is 0 Å². The summed E-state index contributed by atoms with van der Waals surface area (Å²) in [5.41, 5.74) is 1.54. The molecule has 0 saturated heterocycles. The molecule has 1 atom stereocenters. The number of likely N-dealkylation sites (N-methyl/N-ethyl adjacent to an activating group) is 1. The quantitative estimate of drug-likeness (QED) is 0.516. The van der Waals surface area contributed by atoms with E-state index < -0.39 is 65.1 Å². The smallest absolute Gasteiger partial charge is 0.227 e. The van der Waals surface area contributed by atoms with Crippen LogP contribution in [-0.2, 0) is 24.1 Å². The van der Waals surface area contributed by atoms with Gasteiger partial charge in [0.1, 0.15) is 0 Å². The number of methoxy groups -OCH3 is 4. The van der Waals surface area contributed by atoms with E-state index in [2.05, 4.69) is 0 Å². The Hall–Kier alpha value is -2.93. The monoisotopic (exact) mass is 484 g/mol. The molecule has 0 bridgehead atoms. The van der Waals surface area contributed by atoms with Crippen molar-refractivity contribution < 1.29 is 45.7 Å². The molecule has 1 aliphatic carbocycles. The van der Waals surface area contributed by atoms with Gasteiger partial charge in [-0.2, -0.15) is 0 Å². The van der Waals surface area contributed by atoms with Crippen molar-refractivity contribution in [2.75, 3.05) is 61.3 Å². The molecule has 7 heteroatoms. The Morgan fingerprint density at radius 1 is 1.00 bits per heavy atom. The molecule has 1 amide bonds. The first-order valence-electron chi connectivity index (χ1n) is 18.6. The summed E-state index contributed by atoms with van der Waals surface area (Å²) in [6, 6.07) is 5.18. The number of carbonyl (C=O) groups is 1. The first-order chi connectivity index (χ1) is 22.6. The molecule has 0 saturated carbocycles. The maximum Gasteiger partial charge on any atom is 0.227 e. The number of benzene rings is 2. The van der Waals surface area contributed by atoms with Gasteiger partial charge in [0.05, 0.1) is 47.0 Å². The largest absolute Gasteiger partial charge is 0.493 e. The SMILES string of the molecule is [2H]C([2H])([2H])Oc1cc2c(cc1OC)C(C([2H])([2H])N(C([2H])([2H])[2H])C([2H])([2H])CCN1CCc3cc(OC([2H])([2H])[2H])c(OC([2H])([2H])[2H])cc3CC1=O)C2. The minimum atomic E-state index is -3.28. The van der Waals surface area contributed by atoms with Crippen molar-refractivity contribution in [2.45, 2.75) is 31.6 Å². The van der Waals surface area contributed by atoms with E-state index >= 15 is 0 Å². The van der Waals surface area contributed by atoms with Crippen LogP contribution in [0, 0.1) is 0 Å². The summed E-state index contributed by atoms with van der Waals surface area (Å²) in [6.07, 6.45) is -0.868. The highest BCUT2D eigenvalue weighted by Crippen LogP contribution is 2.42. The fourth-order valence-corrected chi connectivity index (χ4v) is 4.26. The van der Waals surface area contributed by atoms with Gasteiger partial charge >= 0.3 is 0 Å². The van der Waals surface area contributed by atoms with E-state index in [0.717, 1.165) is 0 Å². The van der Waals surface area contributed by atoms with Gasteiger partial charge in [0.25, 0.3) is 0 Å². The molecule has 0 radical (unpaired) electrons. The Labute approximate surface area is 225 Å². The molecule has 34 heavy (non-hydrogen) atoms. The third-order valence-electron chi connectivity index (χ3n) is 6.10. The van der Waals surface area contributed by atoms with Crippen LogP contribution in [0.15, 0.2) is 24.3 Å². The number of rotatable bonds is 10. The van der Waals surface area contributed by atoms with E-state index in [4.69, 9.17) is 40.9 Å². The van der Waals surface area contributed by atoms with Crippen molar-refractivity contribution in [1.82, 2.24) is 9.80 Å². The Bertz CT molecular complexity index is 1590. The van der Waals surface area contributed by atoms with Crippen LogP contribution in [0.25, 0.3) is 0 Å². The predicted octanol–water partition coefficient (Wildman–Crippen LogP) is 3.31. The van der Waals surface area contributed by atoms with Gasteiger partial charge in [-0.05, 0) is 79.3 Å². The van der Waals surface area contributed by atoms with E-state index in [1.165, 1.54) is 36.3 Å². The van der Waals surface area contributed by atoms with Crippen LogP contribution >= 0.6 is 0 Å². The molecule has 4 rings (SSSR count). The summed E-state index contributed by atoms with van der Waals surface area (Å²) in [5, 5.41) is 0. The average Bonchev–Trinajstić information content (AvgIpc) is 3.03. The Morgan fingerprint density at radius 3 is 2.35 bits per heavy atom. The van der Waals surface area contributed by atoms with Crippen LogP contribution in [0.4, 0.5) is 0 Å². The molecule has 2 aliphatic rings. The maximum atomic E-state index is 13.3. The van der Waals surface area contributed by atoms with E-state index in [-0.39, 0.29) is 54.5 Å². The molecule has 2 aromatic rings. The van der Waals surface area contributed by atoms with Crippen molar-refractivity contribution in [3.05, 3.63) is 46.5 Å². The summed E-state index contributed by atoms with van der Waals surface area (Å²) in [4.78, 5) is 14.8. The van der Waals surface area contributed by atoms with E-state index in [1.807, 2.05) is 0 Å². The molecule has 0 spiro atoms. The van der Waals surface area contributed by atoms with Crippen LogP contribution in [0.5, 0.6) is 23.0 Å². The maximum absolute atomic E-state index is 13.3. The minimum Gasteiger partial charge on any atom is -0.493 e. The average molecular weight is 485 g/mol. The summed E-state index contributed by atoms with van der Waals surface area (Å²) < 4.78 is 147. The zero-order chi connectivity index (χ0) is 37.8. The van der Waals surface area contributed by atoms with Crippen LogP contribution in [0.1, 0.15) is 56.5 Å². The number of nitrogens with zero attached hydrogens (tertiary/aromatic N) is 2. The summed E-state index contributed by atoms with van der Waals surface area (Å²) in [6.45, 7) is -9.26. The number of fused-ring (bicyclic) bond motifs is 2. The molecule has 1 aliphatic heterocycles. The summed E-state index contributed by atoms with van der Waals surface area (Å²) >= 11 is 0. The van der Waals surface area contributed by atoms with Crippen LogP contribution in [-0.4, -0.2) is 77.0 Å². The number of hydrogen-bond acceptors (Lipinski definition) is 6. The molecule has 0 aromatic heterocycles. The molecule has 2 aromatic carbocycles. The molecular weight excluding hydrogens is 432 g/mol. The van der Waals surface area contributed by atoms with Gasteiger partial charge in [0.2, 0.25) is 5.91 Å². The zero-order valence-corrected chi connectivity index (χ0v) is 18.6. The second kappa shape index (κ2) is 10.6. The van der Waals surface area contributed by atoms with Crippen molar-refractivity contribution in [1.29, 1.82) is 0 Å². The van der Waals surface area contributed by atoms with Gasteiger partial charge in [0, 0.05) is 35.1 Å². The highest BCUT2D eigenvalue weighted by atomic mass is 16.5. The fraction of sp³-hybridized carbons (Fsp3) is 0.519. The van der Waals surface area contributed by atoms with Gasteiger partial charge < -0.3 is 28.7 Å². The van der Waals surface area contributed by atoms with Crippen LogP contribution in [0.2, 0.25) is 0 Å². The van der Waals surface area contributed by atoms with Gasteiger partial charge in [-0.15, -0.1) is 0 Å². The second-order valence-corrected chi connectivity index (χ2v) is 8.01. The topological polar surface area (TPSA) is 60.5 Å². The number of ether oxygens (including phenoxy) is 4. The molecular formula is C27H36N2O5. The highest BCUT2D eigenvalue weighted by molar-refractivity contribution is 5.80. The van der Waals surface area contributed by atoms with Crippen molar-refractivity contribution >= 4 is 5.91 Å². The normalized spacial score (nSPS) is 26.2. The molecule has 1 unspecified atom stereocenters. The van der Waals surface area contributed by atoms with Gasteiger partial charge in [0.15, 0.2) is 23.0 Å². The third kappa shape index (κ3) is 4.94. The molecule has 0 fully saturated rings. The lowest BCUT2D eigenvalue weighted by molar-refractivity contribution is -0.130. The number of carbonyl (C=O) groups excluding carboxylic acids is 1. The second-order valence-electron chi connectivity index (χ2n) is 8.01. The van der Waals surface area contributed by atoms with Gasteiger partial charge in [-0.25, -0.2) is 0 Å². The lowest BCUT2D eigenvalue weighted by Crippen LogP contribution is -2.36. The van der Waals surface area contributed by atoms with E-state index in [1.54, 1.807) is 0 Å². The molecule has 0 N–H and O–H groups in total. The number of amides is 1. The third-order valence-corrected chi connectivity index (χ3v) is 6.10. The minimum absolute atomic E-state index is 0.00823. The Balaban J connectivity index is 1.56. The van der Waals surface area contributed by atoms with E-state index in [0.29, 0.717) is 22.3 Å². The summed E-state index contributed by atoms with van der Waals surface area (Å²) in [7, 11) is -7.44. The number of hydrogen-bond donors (Lipinski definition) is 0. The first kappa shape index (κ1) is 11.2. The Kier molecular flexibility index (Phi) is 3.48. The van der Waals surface area contributed by atoms with Crippen LogP contribution in [0.3, 0.4) is 0 Å². The van der Waals surface area contributed by atoms with E-state index in [9.17, 15) is 4.79 Å². The van der Waals surface area contributed by atoms with Crippen molar-refractivity contribution in [3.63, 3.8) is 0 Å². The fourth-order valence-electron chi connectivity index (χ4n) is 4.26. The molecule has 7 nitrogen and oxygen atoms in total. The summed E-state index contributed by atoms with van der Waals surface area (Å²) in [5.74, 6) is -2.61. The standard InChI is InChI=1S/C27H36N2O5/c1-28(17-21-11-20-14-25(33-4)26(34-5)16-22(20)21)8-6-9-29-10-7-18-12-23(31-2)24(32-3)13-19(18)15-27(29)30/h12-14,16,21H,6-11,15,17H2,1-5H3/i1D3,2D3,3D3,4D3,8D2,17D2. The Morgan fingerprint density at radius 2 is 1.68 bits per heavy atom. The van der Waals surface area contributed by atoms with Crippen LogP contribution < -0.4 is 18.9 Å². The lowest BCUT2D eigenvalue weighted by atomic mass is 9.77. The first-order valence-corrected chi connectivity index (χ1v) is 10.6. The van der Waals surface area contributed by atoms with Crippen molar-refractivity contribution in [3.8, 4) is 23.0 Å².